The van der Waals surface area contributed by atoms with E-state index in [0.29, 0.717) is 12.2 Å². The summed E-state index contributed by atoms with van der Waals surface area (Å²) in [6.45, 7) is 0.481. The summed E-state index contributed by atoms with van der Waals surface area (Å²) in [5.74, 6) is 0. The largest absolute Gasteiger partial charge is 0.354 e. The molecule has 0 saturated heterocycles. The lowest BCUT2D eigenvalue weighted by Gasteiger charge is -2.15. The molecule has 0 unspecified atom stereocenters. The van der Waals surface area contributed by atoms with Crippen molar-refractivity contribution < 1.29 is 14.3 Å². The summed E-state index contributed by atoms with van der Waals surface area (Å²) in [5.41, 5.74) is 0.593. The number of aldehydes is 1. The van der Waals surface area contributed by atoms with Gasteiger partial charge in [0, 0.05) is 14.2 Å². The molecular weight excluding hydrogens is 250 g/mol. The van der Waals surface area contributed by atoms with Crippen LogP contribution in [0.5, 0.6) is 0 Å². The summed E-state index contributed by atoms with van der Waals surface area (Å²) in [5, 5.41) is 0. The zero-order valence-electron chi connectivity index (χ0n) is 8.07. The Kier molecular flexibility index (Phi) is 4.31. The molecule has 0 aliphatic carbocycles. The van der Waals surface area contributed by atoms with E-state index in [1.54, 1.807) is 24.9 Å². The third-order valence-corrected chi connectivity index (χ3v) is 2.63. The number of carbonyl (C=O) groups is 1. The summed E-state index contributed by atoms with van der Waals surface area (Å²) < 4.78 is 12.7. The number of methoxy groups -OCH3 is 2. The van der Waals surface area contributed by atoms with E-state index in [4.69, 9.17) is 9.47 Å². The van der Waals surface area contributed by atoms with Gasteiger partial charge < -0.3 is 14.0 Å². The van der Waals surface area contributed by atoms with Crippen LogP contribution >= 0.6 is 15.9 Å². The molecule has 14 heavy (non-hydrogen) atoms. The lowest BCUT2D eigenvalue weighted by atomic mass is 10.4. The standard InChI is InChI=1S/C9H12BrNO3/c1-13-9(14-2)5-11-7(6-12)3-4-8(11)10/h3-4,6,9H,5H2,1-2H3. The van der Waals surface area contributed by atoms with Crippen LogP contribution in [0.4, 0.5) is 0 Å². The summed E-state index contributed by atoms with van der Waals surface area (Å²) in [7, 11) is 3.12. The quantitative estimate of drug-likeness (QED) is 0.598. The van der Waals surface area contributed by atoms with Gasteiger partial charge in [0.15, 0.2) is 12.6 Å². The molecule has 0 aliphatic heterocycles. The van der Waals surface area contributed by atoms with Gasteiger partial charge in [0.1, 0.15) is 0 Å². The molecule has 1 heterocycles. The number of aromatic nitrogens is 1. The van der Waals surface area contributed by atoms with Gasteiger partial charge >= 0.3 is 0 Å². The van der Waals surface area contributed by atoms with E-state index < -0.39 is 0 Å². The smallest absolute Gasteiger partial charge is 0.174 e. The second-order valence-corrected chi connectivity index (χ2v) is 3.52. The van der Waals surface area contributed by atoms with E-state index in [1.807, 2.05) is 6.07 Å². The summed E-state index contributed by atoms with van der Waals surface area (Å²) in [6.07, 6.45) is 0.449. The molecule has 0 aliphatic rings. The first-order valence-corrected chi connectivity index (χ1v) is 4.88. The highest BCUT2D eigenvalue weighted by atomic mass is 79.9. The minimum absolute atomic E-state index is 0.350. The topological polar surface area (TPSA) is 40.5 Å². The highest BCUT2D eigenvalue weighted by molar-refractivity contribution is 9.10. The fourth-order valence-corrected chi connectivity index (χ4v) is 1.63. The minimum Gasteiger partial charge on any atom is -0.354 e. The predicted octanol–water partition coefficient (Wildman–Crippen LogP) is 1.68. The molecule has 5 heteroatoms. The molecule has 78 valence electrons. The molecule has 0 atom stereocenters. The lowest BCUT2D eigenvalue weighted by Crippen LogP contribution is -2.21. The third kappa shape index (κ3) is 2.43. The van der Waals surface area contributed by atoms with Crippen molar-refractivity contribution in [1.29, 1.82) is 0 Å². The number of hydrogen-bond donors (Lipinski definition) is 0. The second-order valence-electron chi connectivity index (χ2n) is 2.71. The Morgan fingerprint density at radius 2 is 2.14 bits per heavy atom. The van der Waals surface area contributed by atoms with Crippen molar-refractivity contribution in [3.8, 4) is 0 Å². The Labute approximate surface area is 90.9 Å². The summed E-state index contributed by atoms with van der Waals surface area (Å²) in [4.78, 5) is 10.7. The van der Waals surface area contributed by atoms with Crippen LogP contribution in [0.3, 0.4) is 0 Å². The maximum Gasteiger partial charge on any atom is 0.174 e. The van der Waals surface area contributed by atoms with Gasteiger partial charge in [-0.05, 0) is 28.1 Å². The Hall–Kier alpha value is -0.650. The Morgan fingerprint density at radius 3 is 2.64 bits per heavy atom. The second kappa shape index (κ2) is 5.29. The maximum absolute atomic E-state index is 10.7. The van der Waals surface area contributed by atoms with E-state index in [-0.39, 0.29) is 6.29 Å². The molecule has 1 rings (SSSR count). The van der Waals surface area contributed by atoms with Gasteiger partial charge in [-0.2, -0.15) is 0 Å². The fraction of sp³-hybridized carbons (Fsp3) is 0.444. The molecule has 1 aromatic rings. The Balaban J connectivity index is 2.83. The van der Waals surface area contributed by atoms with Crippen molar-refractivity contribution in [1.82, 2.24) is 4.57 Å². The predicted molar refractivity (Wildman–Crippen MR) is 55.3 cm³/mol. The molecule has 0 N–H and O–H groups in total. The molecule has 0 saturated carbocycles. The van der Waals surface area contributed by atoms with E-state index in [9.17, 15) is 4.79 Å². The van der Waals surface area contributed by atoms with Crippen LogP contribution in [-0.4, -0.2) is 31.4 Å². The van der Waals surface area contributed by atoms with Crippen LogP contribution in [0.1, 0.15) is 10.5 Å². The first-order valence-electron chi connectivity index (χ1n) is 4.08. The van der Waals surface area contributed by atoms with Gasteiger partial charge in [-0.3, -0.25) is 4.79 Å². The Bertz CT molecular complexity index is 307. The third-order valence-electron chi connectivity index (χ3n) is 1.94. The molecule has 0 radical (unpaired) electrons. The molecule has 0 fully saturated rings. The lowest BCUT2D eigenvalue weighted by molar-refractivity contribution is -0.111. The summed E-state index contributed by atoms with van der Waals surface area (Å²) >= 11 is 3.34. The molecule has 1 aromatic heterocycles. The normalized spacial score (nSPS) is 10.9. The van der Waals surface area contributed by atoms with Crippen LogP contribution in [0.15, 0.2) is 16.7 Å². The van der Waals surface area contributed by atoms with Crippen LogP contribution < -0.4 is 0 Å². The number of nitrogens with zero attached hydrogens (tertiary/aromatic N) is 1. The number of halogens is 1. The Morgan fingerprint density at radius 1 is 1.50 bits per heavy atom. The molecule has 0 bridgehead atoms. The number of ether oxygens (including phenoxy) is 2. The van der Waals surface area contributed by atoms with Gasteiger partial charge in [-0.1, -0.05) is 0 Å². The van der Waals surface area contributed by atoms with Crippen LogP contribution in [0, 0.1) is 0 Å². The van der Waals surface area contributed by atoms with Gasteiger partial charge in [0.05, 0.1) is 16.8 Å². The zero-order valence-corrected chi connectivity index (χ0v) is 9.65. The van der Waals surface area contributed by atoms with Crippen molar-refractivity contribution in [2.45, 2.75) is 12.8 Å². The summed E-state index contributed by atoms with van der Waals surface area (Å²) in [6, 6.07) is 3.55. The van der Waals surface area contributed by atoms with Crippen LogP contribution in [0.2, 0.25) is 0 Å². The molecule has 0 spiro atoms. The van der Waals surface area contributed by atoms with E-state index in [2.05, 4.69) is 15.9 Å². The van der Waals surface area contributed by atoms with Crippen molar-refractivity contribution in [2.24, 2.45) is 0 Å². The number of hydrogen-bond acceptors (Lipinski definition) is 3. The van der Waals surface area contributed by atoms with E-state index in [1.165, 1.54) is 0 Å². The SMILES string of the molecule is COC(Cn1c(Br)ccc1C=O)OC. The van der Waals surface area contributed by atoms with Gasteiger partial charge in [-0.25, -0.2) is 0 Å². The zero-order chi connectivity index (χ0) is 10.6. The highest BCUT2D eigenvalue weighted by Crippen LogP contribution is 2.15. The van der Waals surface area contributed by atoms with Gasteiger partial charge in [0.25, 0.3) is 0 Å². The average Bonchev–Trinajstić information content (AvgIpc) is 2.56. The first kappa shape index (κ1) is 11.4. The molecule has 0 amide bonds. The molecule has 4 nitrogen and oxygen atoms in total. The first-order chi connectivity index (χ1) is 6.72. The van der Waals surface area contributed by atoms with Gasteiger partial charge in [0.2, 0.25) is 0 Å². The van der Waals surface area contributed by atoms with E-state index in [0.717, 1.165) is 10.9 Å². The fourth-order valence-electron chi connectivity index (χ4n) is 1.15. The number of carbonyl (C=O) groups excluding carboxylic acids is 1. The minimum atomic E-state index is -0.350. The maximum atomic E-state index is 10.7. The van der Waals surface area contributed by atoms with Crippen LogP contribution in [0.25, 0.3) is 0 Å². The van der Waals surface area contributed by atoms with Crippen molar-refractivity contribution in [3.63, 3.8) is 0 Å². The average molecular weight is 262 g/mol. The molecular formula is C9H12BrNO3. The number of rotatable bonds is 5. The van der Waals surface area contributed by atoms with Crippen molar-refractivity contribution in [3.05, 3.63) is 22.4 Å². The van der Waals surface area contributed by atoms with E-state index >= 15 is 0 Å². The monoisotopic (exact) mass is 261 g/mol. The van der Waals surface area contributed by atoms with Gasteiger partial charge in [-0.15, -0.1) is 0 Å². The van der Waals surface area contributed by atoms with Crippen LogP contribution in [-0.2, 0) is 16.0 Å². The van der Waals surface area contributed by atoms with Crippen molar-refractivity contribution >= 4 is 22.2 Å². The highest BCUT2D eigenvalue weighted by Gasteiger charge is 2.11. The molecule has 0 aromatic carbocycles. The van der Waals surface area contributed by atoms with Crippen molar-refractivity contribution in [2.75, 3.05) is 14.2 Å².